The summed E-state index contributed by atoms with van der Waals surface area (Å²) in [4.78, 5) is 23.8. The molecule has 0 atom stereocenters. The second-order valence-electron chi connectivity index (χ2n) is 8.23. The zero-order valence-corrected chi connectivity index (χ0v) is 22.6. The van der Waals surface area contributed by atoms with Crippen LogP contribution in [0, 0.1) is 23.7 Å². The number of sulfonamides is 1. The lowest BCUT2D eigenvalue weighted by molar-refractivity contribution is 0.0531. The molecule has 2 rings (SSSR count). The van der Waals surface area contributed by atoms with E-state index in [1.54, 1.807) is 63.2 Å². The van der Waals surface area contributed by atoms with Crippen LogP contribution < -0.4 is 5.32 Å². The van der Waals surface area contributed by atoms with Crippen LogP contribution in [-0.2, 0) is 19.5 Å². The Morgan fingerprint density at radius 3 is 2.17 bits per heavy atom. The molecule has 0 aliphatic rings. The van der Waals surface area contributed by atoms with Gasteiger partial charge in [-0.1, -0.05) is 57.8 Å². The first-order valence-corrected chi connectivity index (χ1v) is 13.1. The van der Waals surface area contributed by atoms with E-state index in [0.717, 1.165) is 8.78 Å². The van der Waals surface area contributed by atoms with Gasteiger partial charge in [0, 0.05) is 4.47 Å². The van der Waals surface area contributed by atoms with E-state index in [2.05, 4.69) is 44.9 Å². The molecule has 8 nitrogen and oxygen atoms in total. The molecule has 0 saturated heterocycles. The minimum absolute atomic E-state index is 0.0117. The summed E-state index contributed by atoms with van der Waals surface area (Å²) in [5, 5.41) is 2.49. The van der Waals surface area contributed by atoms with Crippen molar-refractivity contribution in [3.05, 3.63) is 64.6 Å². The minimum atomic E-state index is -3.90. The predicted octanol–water partition coefficient (Wildman–Crippen LogP) is 3.83. The van der Waals surface area contributed by atoms with Crippen LogP contribution in [0.1, 0.15) is 31.1 Å². The number of halogens is 1. The molecule has 2 aromatic carbocycles. The molecular weight excluding hydrogens is 548 g/mol. The van der Waals surface area contributed by atoms with Crippen molar-refractivity contribution in [3.63, 3.8) is 0 Å². The number of alkyl carbamates (subject to hydrolysis) is 1. The number of hydrogen-bond donors (Lipinski definition) is 1. The number of carbonyl (C=O) groups is 2. The number of amides is 1. The van der Waals surface area contributed by atoms with Gasteiger partial charge in [-0.3, -0.25) is 0 Å². The van der Waals surface area contributed by atoms with E-state index < -0.39 is 27.7 Å². The number of benzene rings is 2. The maximum absolute atomic E-state index is 13.1. The summed E-state index contributed by atoms with van der Waals surface area (Å²) in [7, 11) is -3.90. The summed E-state index contributed by atoms with van der Waals surface area (Å²) in [5.74, 6) is 10.3. The van der Waals surface area contributed by atoms with Gasteiger partial charge in [-0.05, 0) is 57.2 Å². The highest BCUT2D eigenvalue weighted by atomic mass is 79.9. The highest BCUT2D eigenvalue weighted by Gasteiger charge is 2.23. The first-order chi connectivity index (χ1) is 17.0. The summed E-state index contributed by atoms with van der Waals surface area (Å²) in [5.41, 5.74) is -0.241. The van der Waals surface area contributed by atoms with Crippen molar-refractivity contribution < 1.29 is 27.5 Å². The molecule has 0 radical (unpaired) electrons. The normalized spacial score (nSPS) is 10.9. The first kappa shape index (κ1) is 28.9. The summed E-state index contributed by atoms with van der Waals surface area (Å²) in [6.45, 7) is 4.70. The maximum Gasteiger partial charge on any atom is 0.408 e. The Hall–Kier alpha value is -3.31. The molecule has 36 heavy (non-hydrogen) atoms. The van der Waals surface area contributed by atoms with Crippen molar-refractivity contribution in [1.29, 1.82) is 0 Å². The van der Waals surface area contributed by atoms with Crippen LogP contribution in [0.5, 0.6) is 0 Å². The van der Waals surface area contributed by atoms with Gasteiger partial charge in [0.15, 0.2) is 6.61 Å². The van der Waals surface area contributed by atoms with Gasteiger partial charge >= 0.3 is 12.1 Å². The summed E-state index contributed by atoms with van der Waals surface area (Å²) >= 11 is 3.29. The molecule has 1 N–H and O–H groups in total. The second-order valence-corrected chi connectivity index (χ2v) is 11.1. The summed E-state index contributed by atoms with van der Waals surface area (Å²) in [6, 6.07) is 14.7. The van der Waals surface area contributed by atoms with Gasteiger partial charge in [0.1, 0.15) is 5.60 Å². The van der Waals surface area contributed by atoms with Gasteiger partial charge in [-0.2, -0.15) is 4.31 Å². The third kappa shape index (κ3) is 10.1. The van der Waals surface area contributed by atoms with Crippen molar-refractivity contribution in [2.75, 3.05) is 26.2 Å². The van der Waals surface area contributed by atoms with Gasteiger partial charge in [-0.15, -0.1) is 0 Å². The molecule has 1 amide bonds. The zero-order valence-electron chi connectivity index (χ0n) is 20.2. The van der Waals surface area contributed by atoms with E-state index in [1.165, 1.54) is 12.1 Å². The van der Waals surface area contributed by atoms with Gasteiger partial charge in [-0.25, -0.2) is 18.0 Å². The lowest BCUT2D eigenvalue weighted by Crippen LogP contribution is -2.33. The van der Waals surface area contributed by atoms with E-state index >= 15 is 0 Å². The van der Waals surface area contributed by atoms with Crippen LogP contribution >= 0.6 is 15.9 Å². The van der Waals surface area contributed by atoms with Crippen LogP contribution in [0.2, 0.25) is 0 Å². The monoisotopic (exact) mass is 574 g/mol. The van der Waals surface area contributed by atoms with Crippen LogP contribution in [0.4, 0.5) is 4.79 Å². The summed E-state index contributed by atoms with van der Waals surface area (Å²) in [6.07, 6.45) is -0.618. The molecule has 0 aromatic heterocycles. The Morgan fingerprint density at radius 1 is 0.944 bits per heavy atom. The number of carbonyl (C=O) groups excluding carboxylic acids is 2. The molecule has 0 heterocycles. The van der Waals surface area contributed by atoms with Gasteiger partial charge < -0.3 is 14.8 Å². The minimum Gasteiger partial charge on any atom is -0.449 e. The average molecular weight is 575 g/mol. The zero-order chi connectivity index (χ0) is 26.6. The number of esters is 1. The molecule has 0 spiro atoms. The maximum atomic E-state index is 13.1. The van der Waals surface area contributed by atoms with E-state index in [-0.39, 0.29) is 31.1 Å². The Balaban J connectivity index is 2.03. The summed E-state index contributed by atoms with van der Waals surface area (Å²) < 4.78 is 38.3. The third-order valence-corrected chi connectivity index (χ3v) is 6.55. The lowest BCUT2D eigenvalue weighted by atomic mass is 10.2. The fraction of sp³-hybridized carbons (Fsp3) is 0.308. The third-order valence-electron chi connectivity index (χ3n) is 4.22. The molecular formula is C26H27BrN2O6S. The van der Waals surface area contributed by atoms with Crippen molar-refractivity contribution >= 4 is 38.0 Å². The Labute approximate surface area is 220 Å². The van der Waals surface area contributed by atoms with Gasteiger partial charge in [0.25, 0.3) is 0 Å². The van der Waals surface area contributed by atoms with Crippen LogP contribution in [0.3, 0.4) is 0 Å². The fourth-order valence-electron chi connectivity index (χ4n) is 2.57. The standard InChI is InChI=1S/C26H27BrN2O6S/c1-26(2,3)35-25(31)28-17-7-8-18-29(36(32,33)23-15-13-22(27)14-16-23)19-9-10-20-34-24(30)21-11-5-4-6-12-21/h4-6,11-16H,17-20H2,1-3H3,(H,28,31). The number of nitrogens with zero attached hydrogens (tertiary/aromatic N) is 1. The van der Waals surface area contributed by atoms with Crippen LogP contribution in [-0.4, -0.2) is 56.6 Å². The van der Waals surface area contributed by atoms with Gasteiger partial charge in [0.05, 0.1) is 30.1 Å². The number of hydrogen-bond acceptors (Lipinski definition) is 6. The Morgan fingerprint density at radius 2 is 1.56 bits per heavy atom. The molecule has 0 aliphatic carbocycles. The number of ether oxygens (including phenoxy) is 2. The van der Waals surface area contributed by atoms with Crippen LogP contribution in [0.25, 0.3) is 0 Å². The molecule has 2 aromatic rings. The quantitative estimate of drug-likeness (QED) is 0.398. The van der Waals surface area contributed by atoms with Crippen molar-refractivity contribution in [2.24, 2.45) is 0 Å². The first-order valence-electron chi connectivity index (χ1n) is 10.9. The topological polar surface area (TPSA) is 102 Å². The highest BCUT2D eigenvalue weighted by molar-refractivity contribution is 9.10. The number of nitrogens with one attached hydrogen (secondary N) is 1. The van der Waals surface area contributed by atoms with E-state index in [4.69, 9.17) is 9.47 Å². The molecule has 0 aliphatic heterocycles. The van der Waals surface area contributed by atoms with E-state index in [0.29, 0.717) is 5.56 Å². The SMILES string of the molecule is CC(C)(C)OC(=O)NCC#CCN(CC#CCOC(=O)c1ccccc1)S(=O)(=O)c1ccc(Br)cc1. The lowest BCUT2D eigenvalue weighted by Gasteiger charge is -2.19. The van der Waals surface area contributed by atoms with Crippen molar-refractivity contribution in [1.82, 2.24) is 9.62 Å². The van der Waals surface area contributed by atoms with E-state index in [9.17, 15) is 18.0 Å². The Bertz CT molecular complexity index is 1270. The average Bonchev–Trinajstić information content (AvgIpc) is 2.81. The smallest absolute Gasteiger partial charge is 0.408 e. The Kier molecular flexibility index (Phi) is 11.0. The largest absolute Gasteiger partial charge is 0.449 e. The molecule has 0 bridgehead atoms. The van der Waals surface area contributed by atoms with Gasteiger partial charge in [0.2, 0.25) is 10.0 Å². The second kappa shape index (κ2) is 13.7. The number of rotatable bonds is 7. The van der Waals surface area contributed by atoms with Crippen molar-refractivity contribution in [2.45, 2.75) is 31.3 Å². The molecule has 0 saturated carbocycles. The molecule has 190 valence electrons. The van der Waals surface area contributed by atoms with Crippen molar-refractivity contribution in [3.8, 4) is 23.7 Å². The highest BCUT2D eigenvalue weighted by Crippen LogP contribution is 2.18. The fourth-order valence-corrected chi connectivity index (χ4v) is 4.08. The molecule has 10 heteroatoms. The predicted molar refractivity (Wildman–Crippen MR) is 139 cm³/mol. The molecule has 0 fully saturated rings. The molecule has 0 unspecified atom stereocenters. The van der Waals surface area contributed by atoms with Crippen LogP contribution in [0.15, 0.2) is 64.0 Å². The van der Waals surface area contributed by atoms with E-state index in [1.807, 2.05) is 0 Å².